The maximum Gasteiger partial charge on any atom is 0.374 e. The third-order valence-electron chi connectivity index (χ3n) is 5.30. The van der Waals surface area contributed by atoms with Crippen LogP contribution in [0.15, 0.2) is 57.6 Å². The first-order valence-electron chi connectivity index (χ1n) is 11.1. The Hall–Kier alpha value is -4.40. The standard InChI is InChI=1S/C27H26O9/c1-15(2)35-27(29)22-9-7-18(36-22)13-33-17-6-8-21-19(12-17)20(14-34-21)25(28)16-10-23(30-3)26(32-5)24(11-16)31-4/h6-12,14-15H,13H2,1-5H3. The Labute approximate surface area is 207 Å². The molecule has 0 amide bonds. The Bertz CT molecular complexity index is 1370. The predicted octanol–water partition coefficient (Wildman–Crippen LogP) is 5.43. The minimum atomic E-state index is -0.536. The first-order chi connectivity index (χ1) is 17.3. The fourth-order valence-corrected chi connectivity index (χ4v) is 3.63. The molecule has 0 unspecified atom stereocenters. The maximum absolute atomic E-state index is 13.4. The van der Waals surface area contributed by atoms with Gasteiger partial charge in [-0.3, -0.25) is 4.79 Å². The summed E-state index contributed by atoms with van der Waals surface area (Å²) in [5, 5.41) is 0.576. The molecular weight excluding hydrogens is 468 g/mol. The fraction of sp³-hybridized carbons (Fsp3) is 0.259. The van der Waals surface area contributed by atoms with E-state index in [1.165, 1.54) is 33.7 Å². The fourth-order valence-electron chi connectivity index (χ4n) is 3.63. The van der Waals surface area contributed by atoms with Gasteiger partial charge in [-0.25, -0.2) is 4.79 Å². The molecule has 4 rings (SSSR count). The molecule has 0 aliphatic carbocycles. The SMILES string of the molecule is COc1cc(C(=O)c2coc3ccc(OCc4ccc(C(=O)OC(C)C)o4)cc23)cc(OC)c1OC. The van der Waals surface area contributed by atoms with Gasteiger partial charge in [0.15, 0.2) is 17.3 Å². The Morgan fingerprint density at radius 1 is 0.917 bits per heavy atom. The lowest BCUT2D eigenvalue weighted by Gasteiger charge is -2.13. The second-order valence-corrected chi connectivity index (χ2v) is 8.06. The first-order valence-corrected chi connectivity index (χ1v) is 11.1. The molecule has 0 radical (unpaired) electrons. The molecule has 0 atom stereocenters. The highest BCUT2D eigenvalue weighted by Crippen LogP contribution is 2.39. The van der Waals surface area contributed by atoms with E-state index in [1.54, 1.807) is 50.2 Å². The van der Waals surface area contributed by atoms with Crippen molar-refractivity contribution in [3.8, 4) is 23.0 Å². The van der Waals surface area contributed by atoms with E-state index in [0.29, 0.717) is 50.9 Å². The molecule has 9 nitrogen and oxygen atoms in total. The van der Waals surface area contributed by atoms with Gasteiger partial charge in [-0.1, -0.05) is 0 Å². The number of rotatable bonds is 10. The van der Waals surface area contributed by atoms with E-state index >= 15 is 0 Å². The molecule has 0 aliphatic rings. The lowest BCUT2D eigenvalue weighted by atomic mass is 10.0. The summed E-state index contributed by atoms with van der Waals surface area (Å²) < 4.78 is 38.1. The average molecular weight is 494 g/mol. The summed E-state index contributed by atoms with van der Waals surface area (Å²) in [6.07, 6.45) is 1.15. The molecular formula is C27H26O9. The molecule has 0 fully saturated rings. The lowest BCUT2D eigenvalue weighted by molar-refractivity contribution is 0.0337. The monoisotopic (exact) mass is 494 g/mol. The van der Waals surface area contributed by atoms with Crippen LogP contribution in [0, 0.1) is 0 Å². The number of furan rings is 2. The molecule has 2 heterocycles. The Balaban J connectivity index is 1.56. The number of hydrogen-bond acceptors (Lipinski definition) is 9. The van der Waals surface area contributed by atoms with Gasteiger partial charge in [0.1, 0.15) is 30.0 Å². The van der Waals surface area contributed by atoms with Gasteiger partial charge in [-0.15, -0.1) is 0 Å². The molecule has 2 aromatic heterocycles. The van der Waals surface area contributed by atoms with E-state index in [2.05, 4.69) is 0 Å². The van der Waals surface area contributed by atoms with Crippen molar-refractivity contribution in [1.29, 1.82) is 0 Å². The Morgan fingerprint density at radius 2 is 1.64 bits per heavy atom. The quantitative estimate of drug-likeness (QED) is 0.211. The van der Waals surface area contributed by atoms with Crippen LogP contribution in [0.25, 0.3) is 11.0 Å². The number of carbonyl (C=O) groups excluding carboxylic acids is 2. The zero-order valence-electron chi connectivity index (χ0n) is 20.6. The first kappa shape index (κ1) is 24.7. The van der Waals surface area contributed by atoms with Crippen LogP contribution < -0.4 is 18.9 Å². The van der Waals surface area contributed by atoms with Crippen molar-refractivity contribution in [2.75, 3.05) is 21.3 Å². The largest absolute Gasteiger partial charge is 0.493 e. The number of hydrogen-bond donors (Lipinski definition) is 0. The lowest BCUT2D eigenvalue weighted by Crippen LogP contribution is -2.10. The van der Waals surface area contributed by atoms with Crippen LogP contribution in [0.5, 0.6) is 23.0 Å². The molecule has 0 saturated carbocycles. The zero-order valence-corrected chi connectivity index (χ0v) is 20.6. The average Bonchev–Trinajstić information content (AvgIpc) is 3.52. The zero-order chi connectivity index (χ0) is 25.8. The van der Waals surface area contributed by atoms with E-state index < -0.39 is 5.97 Å². The van der Waals surface area contributed by atoms with Crippen molar-refractivity contribution in [3.63, 3.8) is 0 Å². The van der Waals surface area contributed by atoms with Crippen LogP contribution in [0.4, 0.5) is 0 Å². The third-order valence-corrected chi connectivity index (χ3v) is 5.30. The molecule has 0 N–H and O–H groups in total. The van der Waals surface area contributed by atoms with Crippen molar-refractivity contribution in [3.05, 3.63) is 71.4 Å². The number of fused-ring (bicyclic) bond motifs is 1. The summed E-state index contributed by atoms with van der Waals surface area (Å²) in [5.74, 6) is 1.35. The van der Waals surface area contributed by atoms with Gasteiger partial charge >= 0.3 is 5.97 Å². The number of ketones is 1. The molecule has 4 aromatic rings. The minimum absolute atomic E-state index is 0.0779. The minimum Gasteiger partial charge on any atom is -0.493 e. The number of esters is 1. The van der Waals surface area contributed by atoms with Crippen LogP contribution >= 0.6 is 0 Å². The van der Waals surface area contributed by atoms with Crippen molar-refractivity contribution < 1.29 is 42.1 Å². The van der Waals surface area contributed by atoms with Gasteiger partial charge < -0.3 is 32.5 Å². The number of benzene rings is 2. The summed E-state index contributed by atoms with van der Waals surface area (Å²) >= 11 is 0. The summed E-state index contributed by atoms with van der Waals surface area (Å²) in [4.78, 5) is 25.4. The van der Waals surface area contributed by atoms with Crippen molar-refractivity contribution in [2.45, 2.75) is 26.6 Å². The molecule has 0 aliphatic heterocycles. The van der Waals surface area contributed by atoms with Crippen molar-refractivity contribution in [1.82, 2.24) is 0 Å². The van der Waals surface area contributed by atoms with Gasteiger partial charge in [0, 0.05) is 10.9 Å². The third kappa shape index (κ3) is 5.00. The van der Waals surface area contributed by atoms with Gasteiger partial charge in [-0.2, -0.15) is 0 Å². The maximum atomic E-state index is 13.4. The second-order valence-electron chi connectivity index (χ2n) is 8.06. The summed E-state index contributed by atoms with van der Waals surface area (Å²) in [5.41, 5.74) is 1.21. The van der Waals surface area contributed by atoms with Crippen molar-refractivity contribution >= 4 is 22.7 Å². The highest BCUT2D eigenvalue weighted by atomic mass is 16.6. The molecule has 0 saturated heterocycles. The van der Waals surface area contributed by atoms with E-state index in [-0.39, 0.29) is 24.3 Å². The van der Waals surface area contributed by atoms with Crippen LogP contribution in [0.2, 0.25) is 0 Å². The van der Waals surface area contributed by atoms with Crippen LogP contribution in [-0.2, 0) is 11.3 Å². The number of ether oxygens (including phenoxy) is 5. The Morgan fingerprint density at radius 3 is 2.28 bits per heavy atom. The van der Waals surface area contributed by atoms with Crippen LogP contribution in [-0.4, -0.2) is 39.2 Å². The smallest absolute Gasteiger partial charge is 0.374 e. The van der Waals surface area contributed by atoms with Gasteiger partial charge in [0.25, 0.3) is 0 Å². The predicted molar refractivity (Wildman–Crippen MR) is 129 cm³/mol. The molecule has 188 valence electrons. The summed E-state index contributed by atoms with van der Waals surface area (Å²) in [6.45, 7) is 3.60. The van der Waals surface area contributed by atoms with E-state index in [9.17, 15) is 9.59 Å². The topological polar surface area (TPSA) is 107 Å². The number of carbonyl (C=O) groups is 2. The van der Waals surface area contributed by atoms with Gasteiger partial charge in [0.2, 0.25) is 11.5 Å². The molecule has 2 aromatic carbocycles. The van der Waals surface area contributed by atoms with E-state index in [0.717, 1.165) is 0 Å². The van der Waals surface area contributed by atoms with E-state index in [4.69, 9.17) is 32.5 Å². The van der Waals surface area contributed by atoms with E-state index in [1.807, 2.05) is 0 Å². The highest BCUT2D eigenvalue weighted by molar-refractivity contribution is 6.16. The highest BCUT2D eigenvalue weighted by Gasteiger charge is 2.21. The van der Waals surface area contributed by atoms with Crippen molar-refractivity contribution in [2.24, 2.45) is 0 Å². The molecule has 36 heavy (non-hydrogen) atoms. The Kier molecular flexibility index (Phi) is 7.19. The second kappa shape index (κ2) is 10.5. The van der Waals surface area contributed by atoms with Gasteiger partial charge in [0.05, 0.1) is 33.0 Å². The van der Waals surface area contributed by atoms with Gasteiger partial charge in [-0.05, 0) is 56.3 Å². The summed E-state index contributed by atoms with van der Waals surface area (Å²) in [6, 6.07) is 11.5. The van der Waals surface area contributed by atoms with Crippen LogP contribution in [0.1, 0.15) is 46.1 Å². The summed E-state index contributed by atoms with van der Waals surface area (Å²) in [7, 11) is 4.46. The normalized spacial score (nSPS) is 10.9. The molecule has 9 heteroatoms. The molecule has 0 spiro atoms. The van der Waals surface area contributed by atoms with Crippen LogP contribution in [0.3, 0.4) is 0 Å². The molecule has 0 bridgehead atoms. The number of methoxy groups -OCH3 is 3.